The predicted octanol–water partition coefficient (Wildman–Crippen LogP) is -0.469. The smallest absolute Gasteiger partial charge is 0.346 e. The predicted molar refractivity (Wildman–Crippen MR) is 37.5 cm³/mol. The van der Waals surface area contributed by atoms with Crippen molar-refractivity contribution in [2.24, 2.45) is 0 Å². The van der Waals surface area contributed by atoms with E-state index in [-0.39, 0.29) is 51.4 Å². The van der Waals surface area contributed by atoms with Crippen molar-refractivity contribution in [1.29, 1.82) is 0 Å². The normalized spacial score (nSPS) is 6.00. The van der Waals surface area contributed by atoms with Crippen LogP contribution >= 0.6 is 0 Å². The first-order valence-corrected chi connectivity index (χ1v) is 2.71. The van der Waals surface area contributed by atoms with Crippen LogP contribution in [0, 0.1) is 6.92 Å². The van der Waals surface area contributed by atoms with Gasteiger partial charge in [-0.25, -0.2) is 0 Å². The van der Waals surface area contributed by atoms with E-state index in [4.69, 9.17) is 0 Å². The van der Waals surface area contributed by atoms with Crippen LogP contribution in [0.3, 0.4) is 0 Å². The van der Waals surface area contributed by atoms with Crippen LogP contribution in [-0.4, -0.2) is 0 Å². The summed E-state index contributed by atoms with van der Waals surface area (Å²) in [6.07, 6.45) is 0. The molecule has 0 radical (unpaired) electrons. The van der Waals surface area contributed by atoms with E-state index in [2.05, 4.69) is 6.92 Å². The number of hydrogen-bond acceptors (Lipinski definition) is 0. The van der Waals surface area contributed by atoms with Crippen LogP contribution in [-0.2, 0) is 0 Å². The van der Waals surface area contributed by atoms with Gasteiger partial charge >= 0.3 is 51.4 Å². The Kier molecular flexibility index (Phi) is 16.2. The third kappa shape index (κ3) is 8.86. The molecule has 0 heterocycles. The van der Waals surface area contributed by atoms with E-state index in [1.54, 1.807) is 6.92 Å². The van der Waals surface area contributed by atoms with Crippen molar-refractivity contribution in [2.75, 3.05) is 0 Å². The standard InChI is InChI=1S/C6H6.C2H5.K/c1-2-4-6-5-3-1;1-2;/h1-6H;1H2,2H3;/q;-1;+1. The van der Waals surface area contributed by atoms with Gasteiger partial charge in [-0.05, 0) is 0 Å². The summed E-state index contributed by atoms with van der Waals surface area (Å²) < 4.78 is 0. The fraction of sp³-hybridized carbons (Fsp3) is 0.125. The molecule has 0 aliphatic heterocycles. The molecule has 0 aliphatic carbocycles. The second-order valence-electron chi connectivity index (χ2n) is 1.15. The van der Waals surface area contributed by atoms with E-state index in [0.29, 0.717) is 0 Å². The first-order valence-electron chi connectivity index (χ1n) is 2.71. The van der Waals surface area contributed by atoms with Gasteiger partial charge in [0.1, 0.15) is 0 Å². The van der Waals surface area contributed by atoms with Crippen LogP contribution < -0.4 is 51.4 Å². The molecular weight excluding hydrogens is 135 g/mol. The van der Waals surface area contributed by atoms with Gasteiger partial charge in [0.15, 0.2) is 0 Å². The maximum atomic E-state index is 3.25. The Morgan fingerprint density at radius 2 is 0.778 bits per heavy atom. The van der Waals surface area contributed by atoms with Crippen molar-refractivity contribution in [2.45, 2.75) is 6.92 Å². The molecule has 0 saturated heterocycles. The fourth-order valence-corrected chi connectivity index (χ4v) is 0.385. The summed E-state index contributed by atoms with van der Waals surface area (Å²) in [5.41, 5.74) is 0. The van der Waals surface area contributed by atoms with Crippen molar-refractivity contribution < 1.29 is 51.4 Å². The van der Waals surface area contributed by atoms with Gasteiger partial charge in [0.25, 0.3) is 0 Å². The van der Waals surface area contributed by atoms with Gasteiger partial charge in [-0.3, -0.25) is 0 Å². The Labute approximate surface area is 100 Å². The molecule has 0 saturated carbocycles. The minimum atomic E-state index is 0. The average molecular weight is 146 g/mol. The van der Waals surface area contributed by atoms with Crippen molar-refractivity contribution in [3.05, 3.63) is 43.3 Å². The van der Waals surface area contributed by atoms with Crippen LogP contribution in [0.1, 0.15) is 6.92 Å². The SMILES string of the molecule is [CH2-]C.[K+].c1ccccc1. The van der Waals surface area contributed by atoms with E-state index in [9.17, 15) is 0 Å². The van der Waals surface area contributed by atoms with E-state index in [1.165, 1.54) is 0 Å². The molecule has 0 atom stereocenters. The molecule has 0 spiro atoms. The molecule has 1 aromatic rings. The summed E-state index contributed by atoms with van der Waals surface area (Å²) in [6.45, 7) is 5.00. The van der Waals surface area contributed by atoms with Gasteiger partial charge in [-0.1, -0.05) is 36.4 Å². The molecule has 0 fully saturated rings. The number of benzene rings is 1. The summed E-state index contributed by atoms with van der Waals surface area (Å²) in [5.74, 6) is 0. The van der Waals surface area contributed by atoms with Crippen LogP contribution in [0.5, 0.6) is 0 Å². The topological polar surface area (TPSA) is 0 Å². The molecule has 44 valence electrons. The molecule has 0 nitrogen and oxygen atoms in total. The van der Waals surface area contributed by atoms with E-state index in [0.717, 1.165) is 0 Å². The molecule has 9 heavy (non-hydrogen) atoms. The van der Waals surface area contributed by atoms with E-state index >= 15 is 0 Å². The summed E-state index contributed by atoms with van der Waals surface area (Å²) >= 11 is 0. The maximum absolute atomic E-state index is 3.25. The van der Waals surface area contributed by atoms with Crippen LogP contribution in [0.25, 0.3) is 0 Å². The Bertz CT molecular complexity index is 76.5. The Balaban J connectivity index is 0. The van der Waals surface area contributed by atoms with Gasteiger partial charge in [-0.2, -0.15) is 6.92 Å². The zero-order valence-corrected chi connectivity index (χ0v) is 9.29. The molecule has 1 aromatic carbocycles. The number of hydrogen-bond donors (Lipinski definition) is 0. The van der Waals surface area contributed by atoms with Gasteiger partial charge in [0.2, 0.25) is 0 Å². The van der Waals surface area contributed by atoms with Crippen molar-refractivity contribution in [1.82, 2.24) is 0 Å². The van der Waals surface area contributed by atoms with E-state index in [1.807, 2.05) is 36.4 Å². The molecule has 1 heteroatoms. The monoisotopic (exact) mass is 146 g/mol. The molecule has 0 aliphatic rings. The van der Waals surface area contributed by atoms with Crippen molar-refractivity contribution in [3.63, 3.8) is 0 Å². The quantitative estimate of drug-likeness (QED) is 0.343. The second-order valence-corrected chi connectivity index (χ2v) is 1.15. The van der Waals surface area contributed by atoms with Crippen molar-refractivity contribution >= 4 is 0 Å². The van der Waals surface area contributed by atoms with E-state index < -0.39 is 0 Å². The third-order valence-electron chi connectivity index (χ3n) is 0.667. The molecule has 0 aromatic heterocycles. The first-order chi connectivity index (χ1) is 4.00. The van der Waals surface area contributed by atoms with Gasteiger partial charge < -0.3 is 6.92 Å². The first kappa shape index (κ1) is 12.5. The fourth-order valence-electron chi connectivity index (χ4n) is 0.385. The number of rotatable bonds is 0. The third-order valence-corrected chi connectivity index (χ3v) is 0.667. The maximum Gasteiger partial charge on any atom is 1.00 e. The van der Waals surface area contributed by atoms with Crippen LogP contribution in [0.15, 0.2) is 36.4 Å². The van der Waals surface area contributed by atoms with Gasteiger partial charge in [-0.15, -0.1) is 0 Å². The average Bonchev–Trinajstić information content (AvgIpc) is 1.96. The second kappa shape index (κ2) is 11.6. The van der Waals surface area contributed by atoms with Crippen molar-refractivity contribution in [3.8, 4) is 0 Å². The molecule has 0 unspecified atom stereocenters. The molecular formula is C8H11K. The zero-order chi connectivity index (χ0) is 6.24. The summed E-state index contributed by atoms with van der Waals surface area (Å²) in [6, 6.07) is 12.0. The molecule has 0 bridgehead atoms. The van der Waals surface area contributed by atoms with Crippen LogP contribution in [0.2, 0.25) is 0 Å². The zero-order valence-electron chi connectivity index (χ0n) is 6.17. The van der Waals surface area contributed by atoms with Crippen LogP contribution in [0.4, 0.5) is 0 Å². The Hall–Kier alpha value is 0.856. The summed E-state index contributed by atoms with van der Waals surface area (Å²) in [5, 5.41) is 0. The minimum Gasteiger partial charge on any atom is -0.346 e. The summed E-state index contributed by atoms with van der Waals surface area (Å²) in [7, 11) is 0. The minimum absolute atomic E-state index is 0. The van der Waals surface area contributed by atoms with Gasteiger partial charge in [0, 0.05) is 0 Å². The Morgan fingerprint density at radius 1 is 0.667 bits per heavy atom. The molecule has 1 rings (SSSR count). The Morgan fingerprint density at radius 3 is 0.889 bits per heavy atom. The molecule has 0 amide bonds. The largest absolute Gasteiger partial charge is 1.00 e. The molecule has 0 N–H and O–H groups in total. The summed E-state index contributed by atoms with van der Waals surface area (Å²) in [4.78, 5) is 0. The van der Waals surface area contributed by atoms with Gasteiger partial charge in [0.05, 0.1) is 0 Å².